The monoisotopic (exact) mass is 321 g/mol. The zero-order valence-electron chi connectivity index (χ0n) is 13.9. The molecule has 0 aliphatic carbocycles. The van der Waals surface area contributed by atoms with Crippen LogP contribution in [-0.4, -0.2) is 24.2 Å². The van der Waals surface area contributed by atoms with Gasteiger partial charge in [0.15, 0.2) is 0 Å². The third-order valence-electron chi connectivity index (χ3n) is 3.69. The molecule has 4 nitrogen and oxygen atoms in total. The SMILES string of the molecule is COC(=O)c1ccc2cc(-c3cccnc3OC(C)C)ccc2c1. The molecule has 4 heteroatoms. The molecule has 0 unspecified atom stereocenters. The van der Waals surface area contributed by atoms with Gasteiger partial charge in [-0.15, -0.1) is 0 Å². The van der Waals surface area contributed by atoms with Crippen LogP contribution < -0.4 is 4.74 Å². The number of benzene rings is 2. The van der Waals surface area contributed by atoms with Gasteiger partial charge in [0.05, 0.1) is 18.8 Å². The Morgan fingerprint density at radius 2 is 1.79 bits per heavy atom. The number of rotatable bonds is 4. The average Bonchev–Trinajstić information content (AvgIpc) is 2.60. The Labute approximate surface area is 141 Å². The van der Waals surface area contributed by atoms with Crippen molar-refractivity contribution in [1.29, 1.82) is 0 Å². The normalized spacial score (nSPS) is 10.8. The fourth-order valence-electron chi connectivity index (χ4n) is 2.59. The lowest BCUT2D eigenvalue weighted by atomic mass is 10.0. The number of methoxy groups -OCH3 is 1. The van der Waals surface area contributed by atoms with Gasteiger partial charge in [0.2, 0.25) is 5.88 Å². The van der Waals surface area contributed by atoms with Crippen LogP contribution in [0.1, 0.15) is 24.2 Å². The lowest BCUT2D eigenvalue weighted by molar-refractivity contribution is 0.0601. The second-order valence-electron chi connectivity index (χ2n) is 5.79. The zero-order chi connectivity index (χ0) is 17.1. The number of esters is 1. The summed E-state index contributed by atoms with van der Waals surface area (Å²) < 4.78 is 10.6. The van der Waals surface area contributed by atoms with E-state index in [9.17, 15) is 4.79 Å². The third kappa shape index (κ3) is 3.23. The zero-order valence-corrected chi connectivity index (χ0v) is 13.9. The van der Waals surface area contributed by atoms with E-state index in [1.54, 1.807) is 12.3 Å². The van der Waals surface area contributed by atoms with Gasteiger partial charge in [0.25, 0.3) is 0 Å². The van der Waals surface area contributed by atoms with Crippen molar-refractivity contribution in [2.75, 3.05) is 7.11 Å². The maximum absolute atomic E-state index is 11.6. The van der Waals surface area contributed by atoms with Crippen LogP contribution in [0.5, 0.6) is 5.88 Å². The number of pyridine rings is 1. The van der Waals surface area contributed by atoms with Crippen molar-refractivity contribution in [3.8, 4) is 17.0 Å². The first kappa shape index (κ1) is 16.0. The number of carbonyl (C=O) groups is 1. The van der Waals surface area contributed by atoms with Gasteiger partial charge in [0, 0.05) is 11.8 Å². The van der Waals surface area contributed by atoms with Crippen LogP contribution in [0.15, 0.2) is 54.7 Å². The Morgan fingerprint density at radius 3 is 2.54 bits per heavy atom. The van der Waals surface area contributed by atoms with E-state index in [2.05, 4.69) is 11.1 Å². The first-order valence-electron chi connectivity index (χ1n) is 7.82. The largest absolute Gasteiger partial charge is 0.475 e. The molecule has 24 heavy (non-hydrogen) atoms. The van der Waals surface area contributed by atoms with Crippen LogP contribution in [0.3, 0.4) is 0 Å². The Bertz CT molecular complexity index is 887. The molecule has 0 aliphatic heterocycles. The quantitative estimate of drug-likeness (QED) is 0.665. The molecule has 0 fully saturated rings. The summed E-state index contributed by atoms with van der Waals surface area (Å²) >= 11 is 0. The molecule has 2 aromatic carbocycles. The van der Waals surface area contributed by atoms with E-state index in [1.165, 1.54) is 7.11 Å². The highest BCUT2D eigenvalue weighted by atomic mass is 16.5. The number of carbonyl (C=O) groups excluding carboxylic acids is 1. The molecular weight excluding hydrogens is 302 g/mol. The number of nitrogens with zero attached hydrogens (tertiary/aromatic N) is 1. The molecule has 1 heterocycles. The standard InChI is InChI=1S/C20H19NO3/c1-13(2)24-19-18(5-4-10-21-19)16-8-6-15-12-17(20(22)23-3)9-7-14(15)11-16/h4-13H,1-3H3. The van der Waals surface area contributed by atoms with Crippen molar-refractivity contribution in [3.05, 3.63) is 60.3 Å². The summed E-state index contributed by atoms with van der Waals surface area (Å²) in [6.45, 7) is 3.96. The number of hydrogen-bond donors (Lipinski definition) is 0. The Morgan fingerprint density at radius 1 is 1.04 bits per heavy atom. The van der Waals surface area contributed by atoms with E-state index in [4.69, 9.17) is 9.47 Å². The number of hydrogen-bond acceptors (Lipinski definition) is 4. The van der Waals surface area contributed by atoms with E-state index in [0.717, 1.165) is 21.9 Å². The van der Waals surface area contributed by atoms with Crippen LogP contribution in [0.4, 0.5) is 0 Å². The van der Waals surface area contributed by atoms with Crippen molar-refractivity contribution >= 4 is 16.7 Å². The molecule has 0 bridgehead atoms. The Hall–Kier alpha value is -2.88. The molecule has 0 saturated carbocycles. The topological polar surface area (TPSA) is 48.4 Å². The molecule has 1 aromatic heterocycles. The summed E-state index contributed by atoms with van der Waals surface area (Å²) in [4.78, 5) is 16.0. The number of fused-ring (bicyclic) bond motifs is 1. The molecule has 0 radical (unpaired) electrons. The highest BCUT2D eigenvalue weighted by Crippen LogP contribution is 2.31. The maximum Gasteiger partial charge on any atom is 0.337 e. The van der Waals surface area contributed by atoms with E-state index in [-0.39, 0.29) is 12.1 Å². The average molecular weight is 321 g/mol. The van der Waals surface area contributed by atoms with Gasteiger partial charge >= 0.3 is 5.97 Å². The summed E-state index contributed by atoms with van der Waals surface area (Å²) in [5, 5.41) is 2.02. The van der Waals surface area contributed by atoms with Gasteiger partial charge in [-0.3, -0.25) is 0 Å². The fourth-order valence-corrected chi connectivity index (χ4v) is 2.59. The van der Waals surface area contributed by atoms with Gasteiger partial charge in [-0.05, 0) is 60.5 Å². The van der Waals surface area contributed by atoms with E-state index < -0.39 is 0 Å². The first-order chi connectivity index (χ1) is 11.6. The Kier molecular flexibility index (Phi) is 4.47. The van der Waals surface area contributed by atoms with Gasteiger partial charge < -0.3 is 9.47 Å². The summed E-state index contributed by atoms with van der Waals surface area (Å²) in [7, 11) is 1.38. The van der Waals surface area contributed by atoms with Crippen molar-refractivity contribution in [2.45, 2.75) is 20.0 Å². The van der Waals surface area contributed by atoms with Gasteiger partial charge in [0.1, 0.15) is 0 Å². The second kappa shape index (κ2) is 6.71. The second-order valence-corrected chi connectivity index (χ2v) is 5.79. The van der Waals surface area contributed by atoms with Gasteiger partial charge in [-0.2, -0.15) is 0 Å². The molecule has 0 spiro atoms. The number of ether oxygens (including phenoxy) is 2. The van der Waals surface area contributed by atoms with Gasteiger partial charge in [-0.1, -0.05) is 18.2 Å². The minimum Gasteiger partial charge on any atom is -0.475 e. The summed E-state index contributed by atoms with van der Waals surface area (Å²) in [5.74, 6) is 0.291. The minimum atomic E-state index is -0.333. The van der Waals surface area contributed by atoms with Crippen molar-refractivity contribution in [3.63, 3.8) is 0 Å². The smallest absolute Gasteiger partial charge is 0.337 e. The lowest BCUT2D eigenvalue weighted by Crippen LogP contribution is -2.07. The highest BCUT2D eigenvalue weighted by Gasteiger charge is 2.11. The van der Waals surface area contributed by atoms with Crippen molar-refractivity contribution < 1.29 is 14.3 Å². The predicted octanol–water partition coefficient (Wildman–Crippen LogP) is 4.48. The first-order valence-corrected chi connectivity index (χ1v) is 7.82. The molecule has 0 atom stereocenters. The van der Waals surface area contributed by atoms with Crippen molar-refractivity contribution in [2.24, 2.45) is 0 Å². The molecule has 0 amide bonds. The minimum absolute atomic E-state index is 0.0571. The molecule has 3 rings (SSSR count). The summed E-state index contributed by atoms with van der Waals surface area (Å²) in [6.07, 6.45) is 1.78. The summed E-state index contributed by atoms with van der Waals surface area (Å²) in [5.41, 5.74) is 2.52. The highest BCUT2D eigenvalue weighted by molar-refractivity contribution is 5.96. The molecular formula is C20H19NO3. The van der Waals surface area contributed by atoms with Crippen LogP contribution >= 0.6 is 0 Å². The number of aromatic nitrogens is 1. The van der Waals surface area contributed by atoms with Crippen LogP contribution in [0.25, 0.3) is 21.9 Å². The lowest BCUT2D eigenvalue weighted by Gasteiger charge is -2.13. The third-order valence-corrected chi connectivity index (χ3v) is 3.69. The van der Waals surface area contributed by atoms with Crippen LogP contribution in [0.2, 0.25) is 0 Å². The predicted molar refractivity (Wildman–Crippen MR) is 94.3 cm³/mol. The van der Waals surface area contributed by atoms with Gasteiger partial charge in [-0.25, -0.2) is 9.78 Å². The van der Waals surface area contributed by atoms with Crippen molar-refractivity contribution in [1.82, 2.24) is 4.98 Å². The van der Waals surface area contributed by atoms with Crippen LogP contribution in [-0.2, 0) is 4.74 Å². The summed E-state index contributed by atoms with van der Waals surface area (Å²) in [6, 6.07) is 15.5. The van der Waals surface area contributed by atoms with E-state index in [1.807, 2.05) is 50.2 Å². The molecule has 0 N–H and O–H groups in total. The fraction of sp³-hybridized carbons (Fsp3) is 0.200. The Balaban J connectivity index is 2.04. The molecule has 122 valence electrons. The molecule has 0 saturated heterocycles. The van der Waals surface area contributed by atoms with Crippen LogP contribution in [0, 0.1) is 0 Å². The van der Waals surface area contributed by atoms with E-state index in [0.29, 0.717) is 11.4 Å². The molecule has 0 aliphatic rings. The maximum atomic E-state index is 11.6. The molecule has 3 aromatic rings. The van der Waals surface area contributed by atoms with E-state index >= 15 is 0 Å².